The summed E-state index contributed by atoms with van der Waals surface area (Å²) >= 11 is 0. The van der Waals surface area contributed by atoms with E-state index in [2.05, 4.69) is 25.7 Å². The minimum Gasteiger partial charge on any atom is -0.392 e. The molecular formula is C15H31NO2. The van der Waals surface area contributed by atoms with E-state index < -0.39 is 5.60 Å². The number of hydrogen-bond acceptors (Lipinski definition) is 3. The minimum atomic E-state index is -0.662. The second-order valence-electron chi connectivity index (χ2n) is 7.23. The highest BCUT2D eigenvalue weighted by atomic mass is 16.3. The Balaban J connectivity index is 2.59. The predicted octanol–water partition coefficient (Wildman–Crippen LogP) is 2.27. The Morgan fingerprint density at radius 3 is 2.44 bits per heavy atom. The van der Waals surface area contributed by atoms with Crippen molar-refractivity contribution < 1.29 is 10.2 Å². The average molecular weight is 257 g/mol. The molecule has 0 amide bonds. The zero-order chi connectivity index (χ0) is 14.0. The van der Waals surface area contributed by atoms with Crippen LogP contribution >= 0.6 is 0 Å². The lowest BCUT2D eigenvalue weighted by molar-refractivity contribution is -0.0503. The molecule has 0 aliphatic heterocycles. The maximum atomic E-state index is 10.5. The molecule has 0 bridgehead atoms. The van der Waals surface area contributed by atoms with E-state index in [0.29, 0.717) is 12.5 Å². The molecule has 1 rings (SSSR count). The van der Waals surface area contributed by atoms with Crippen molar-refractivity contribution in [1.29, 1.82) is 0 Å². The van der Waals surface area contributed by atoms with Gasteiger partial charge in [-0.05, 0) is 44.6 Å². The lowest BCUT2D eigenvalue weighted by Gasteiger charge is -2.43. The number of hydrogen-bond donors (Lipinski definition) is 2. The highest BCUT2D eigenvalue weighted by Crippen LogP contribution is 2.39. The molecule has 2 N–H and O–H groups in total. The van der Waals surface area contributed by atoms with Gasteiger partial charge in [0.2, 0.25) is 0 Å². The Labute approximate surface area is 112 Å². The predicted molar refractivity (Wildman–Crippen MR) is 75.5 cm³/mol. The molecule has 0 spiro atoms. The van der Waals surface area contributed by atoms with E-state index >= 15 is 0 Å². The maximum absolute atomic E-state index is 10.5. The molecule has 0 saturated heterocycles. The van der Waals surface area contributed by atoms with Crippen LogP contribution in [0, 0.1) is 11.3 Å². The van der Waals surface area contributed by atoms with Crippen molar-refractivity contribution in [2.45, 2.75) is 65.6 Å². The number of aliphatic hydroxyl groups excluding tert-OH is 1. The van der Waals surface area contributed by atoms with Gasteiger partial charge < -0.3 is 15.1 Å². The fraction of sp³-hybridized carbons (Fsp3) is 1.00. The SMILES string of the molecule is CCN(CC1CCCC(C)(C)C1O)CC(C)(C)O. The van der Waals surface area contributed by atoms with Crippen LogP contribution in [0.4, 0.5) is 0 Å². The molecule has 0 aromatic heterocycles. The average Bonchev–Trinajstić information content (AvgIpc) is 2.21. The van der Waals surface area contributed by atoms with Gasteiger partial charge in [0, 0.05) is 13.1 Å². The summed E-state index contributed by atoms with van der Waals surface area (Å²) in [4.78, 5) is 2.26. The Kier molecular flexibility index (Phi) is 5.22. The van der Waals surface area contributed by atoms with Gasteiger partial charge in [-0.3, -0.25) is 0 Å². The number of rotatable bonds is 5. The second-order valence-corrected chi connectivity index (χ2v) is 7.23. The van der Waals surface area contributed by atoms with Gasteiger partial charge in [-0.2, -0.15) is 0 Å². The summed E-state index contributed by atoms with van der Waals surface area (Å²) in [6, 6.07) is 0. The van der Waals surface area contributed by atoms with Gasteiger partial charge in [0.15, 0.2) is 0 Å². The van der Waals surface area contributed by atoms with E-state index in [-0.39, 0.29) is 11.5 Å². The Bertz CT molecular complexity index is 258. The van der Waals surface area contributed by atoms with Crippen LogP contribution < -0.4 is 0 Å². The van der Waals surface area contributed by atoms with Crippen molar-refractivity contribution in [3.8, 4) is 0 Å². The summed E-state index contributed by atoms with van der Waals surface area (Å²) in [6.45, 7) is 12.6. The van der Waals surface area contributed by atoms with E-state index in [1.165, 1.54) is 6.42 Å². The first kappa shape index (κ1) is 15.9. The zero-order valence-electron chi connectivity index (χ0n) is 12.7. The Morgan fingerprint density at radius 2 is 1.94 bits per heavy atom. The first-order chi connectivity index (χ1) is 8.15. The molecule has 1 saturated carbocycles. The molecule has 0 radical (unpaired) electrons. The number of nitrogens with zero attached hydrogens (tertiary/aromatic N) is 1. The van der Waals surface area contributed by atoms with E-state index in [1.54, 1.807) is 0 Å². The summed E-state index contributed by atoms with van der Waals surface area (Å²) in [5.41, 5.74) is -0.623. The number of aliphatic hydroxyl groups is 2. The van der Waals surface area contributed by atoms with Gasteiger partial charge in [-0.1, -0.05) is 27.2 Å². The third kappa shape index (κ3) is 4.52. The van der Waals surface area contributed by atoms with Gasteiger partial charge in [-0.15, -0.1) is 0 Å². The Morgan fingerprint density at radius 1 is 1.33 bits per heavy atom. The fourth-order valence-electron chi connectivity index (χ4n) is 3.14. The van der Waals surface area contributed by atoms with Crippen molar-refractivity contribution in [3.63, 3.8) is 0 Å². The number of likely N-dealkylation sites (N-methyl/N-ethyl adjacent to an activating group) is 1. The lowest BCUT2D eigenvalue weighted by Crippen LogP contribution is -2.47. The largest absolute Gasteiger partial charge is 0.392 e. The summed E-state index contributed by atoms with van der Waals surface area (Å²) < 4.78 is 0. The molecule has 3 nitrogen and oxygen atoms in total. The Hall–Kier alpha value is -0.120. The third-order valence-corrected chi connectivity index (χ3v) is 4.19. The second kappa shape index (κ2) is 5.89. The van der Waals surface area contributed by atoms with Crippen molar-refractivity contribution >= 4 is 0 Å². The monoisotopic (exact) mass is 257 g/mol. The molecular weight excluding hydrogens is 226 g/mol. The smallest absolute Gasteiger partial charge is 0.0718 e. The fourth-order valence-corrected chi connectivity index (χ4v) is 3.14. The van der Waals surface area contributed by atoms with Crippen LogP contribution in [-0.2, 0) is 0 Å². The summed E-state index contributed by atoms with van der Waals surface area (Å²) in [5.74, 6) is 0.344. The van der Waals surface area contributed by atoms with E-state index in [4.69, 9.17) is 0 Å². The van der Waals surface area contributed by atoms with Crippen molar-refractivity contribution in [1.82, 2.24) is 4.90 Å². The highest BCUT2D eigenvalue weighted by Gasteiger charge is 2.38. The van der Waals surface area contributed by atoms with Crippen LogP contribution in [0.5, 0.6) is 0 Å². The van der Waals surface area contributed by atoms with E-state index in [1.807, 2.05) is 13.8 Å². The van der Waals surface area contributed by atoms with Crippen LogP contribution in [0.15, 0.2) is 0 Å². The summed E-state index contributed by atoms with van der Waals surface area (Å²) in [5, 5.41) is 20.4. The highest BCUT2D eigenvalue weighted by molar-refractivity contribution is 4.89. The molecule has 2 unspecified atom stereocenters. The quantitative estimate of drug-likeness (QED) is 0.794. The van der Waals surface area contributed by atoms with E-state index in [0.717, 1.165) is 25.9 Å². The summed E-state index contributed by atoms with van der Waals surface area (Å²) in [7, 11) is 0. The van der Waals surface area contributed by atoms with Gasteiger partial charge in [0.25, 0.3) is 0 Å². The van der Waals surface area contributed by atoms with Gasteiger partial charge in [0.1, 0.15) is 0 Å². The minimum absolute atomic E-state index is 0.0388. The maximum Gasteiger partial charge on any atom is 0.0718 e. The van der Waals surface area contributed by atoms with Gasteiger partial charge in [0.05, 0.1) is 11.7 Å². The molecule has 108 valence electrons. The molecule has 1 aliphatic rings. The zero-order valence-corrected chi connectivity index (χ0v) is 12.7. The van der Waals surface area contributed by atoms with Crippen LogP contribution in [0.1, 0.15) is 53.9 Å². The summed E-state index contributed by atoms with van der Waals surface area (Å²) in [6.07, 6.45) is 3.20. The normalized spacial score (nSPS) is 28.7. The van der Waals surface area contributed by atoms with Crippen LogP contribution in [-0.4, -0.2) is 46.5 Å². The molecule has 1 aliphatic carbocycles. The first-order valence-electron chi connectivity index (χ1n) is 7.28. The molecule has 0 aromatic rings. The molecule has 3 heteroatoms. The van der Waals surface area contributed by atoms with Gasteiger partial charge >= 0.3 is 0 Å². The van der Waals surface area contributed by atoms with Crippen molar-refractivity contribution in [2.24, 2.45) is 11.3 Å². The van der Waals surface area contributed by atoms with Gasteiger partial charge in [-0.25, -0.2) is 0 Å². The first-order valence-corrected chi connectivity index (χ1v) is 7.28. The van der Waals surface area contributed by atoms with Crippen molar-refractivity contribution in [3.05, 3.63) is 0 Å². The van der Waals surface area contributed by atoms with Crippen LogP contribution in [0.25, 0.3) is 0 Å². The standard InChI is InChI=1S/C15H31NO2/c1-6-16(11-15(4,5)18)10-12-8-7-9-14(2,3)13(12)17/h12-13,17-18H,6-11H2,1-5H3. The topological polar surface area (TPSA) is 43.7 Å². The molecule has 18 heavy (non-hydrogen) atoms. The molecule has 1 fully saturated rings. The molecule has 0 aromatic carbocycles. The lowest BCUT2D eigenvalue weighted by atomic mass is 9.69. The van der Waals surface area contributed by atoms with Crippen LogP contribution in [0.2, 0.25) is 0 Å². The van der Waals surface area contributed by atoms with E-state index in [9.17, 15) is 10.2 Å². The van der Waals surface area contributed by atoms with Crippen LogP contribution in [0.3, 0.4) is 0 Å². The third-order valence-electron chi connectivity index (χ3n) is 4.19. The molecule has 0 heterocycles. The van der Waals surface area contributed by atoms with Crippen molar-refractivity contribution in [2.75, 3.05) is 19.6 Å². The molecule has 2 atom stereocenters.